The second-order valence-electron chi connectivity index (χ2n) is 5.60. The van der Waals surface area contributed by atoms with Crippen molar-refractivity contribution in [2.24, 2.45) is 0 Å². The zero-order chi connectivity index (χ0) is 17.8. The molecule has 1 amide bonds. The van der Waals surface area contributed by atoms with Gasteiger partial charge in [0.25, 0.3) is 0 Å². The van der Waals surface area contributed by atoms with Crippen molar-refractivity contribution in [3.8, 4) is 17.1 Å². The van der Waals surface area contributed by atoms with Crippen LogP contribution in [0.1, 0.15) is 12.5 Å². The van der Waals surface area contributed by atoms with Crippen LogP contribution in [0.5, 0.6) is 5.75 Å². The van der Waals surface area contributed by atoms with Gasteiger partial charge in [0.15, 0.2) is 5.82 Å². The first-order chi connectivity index (χ1) is 12.0. The number of phenols is 1. The summed E-state index contributed by atoms with van der Waals surface area (Å²) in [5.41, 5.74) is 2.46. The molecule has 25 heavy (non-hydrogen) atoms. The number of amides is 1. The lowest BCUT2D eigenvalue weighted by Gasteiger charge is -2.10. The number of nitrogens with zero attached hydrogens (tertiary/aromatic N) is 2. The minimum absolute atomic E-state index is 0.122. The van der Waals surface area contributed by atoms with Crippen molar-refractivity contribution in [2.75, 3.05) is 5.32 Å². The second kappa shape index (κ2) is 7.40. The molecule has 1 aromatic heterocycles. The van der Waals surface area contributed by atoms with E-state index < -0.39 is 0 Å². The van der Waals surface area contributed by atoms with E-state index in [1.165, 1.54) is 11.8 Å². The van der Waals surface area contributed by atoms with Crippen molar-refractivity contribution >= 4 is 23.4 Å². The Morgan fingerprint density at radius 3 is 2.64 bits per heavy atom. The van der Waals surface area contributed by atoms with Crippen LogP contribution in [0.4, 0.5) is 5.69 Å². The average Bonchev–Trinajstić information content (AvgIpc) is 3.05. The molecule has 0 saturated heterocycles. The number of phenolic OH excluding ortho intramolecular Hbond substituents is 1. The molecule has 3 rings (SSSR count). The van der Waals surface area contributed by atoms with E-state index in [0.29, 0.717) is 16.5 Å². The third-order valence-corrected chi connectivity index (χ3v) is 4.56. The molecule has 128 valence electrons. The largest absolute Gasteiger partial charge is 0.507 e. The number of rotatable bonds is 5. The quantitative estimate of drug-likeness (QED) is 0.609. The van der Waals surface area contributed by atoms with E-state index in [2.05, 4.69) is 20.5 Å². The average molecular weight is 354 g/mol. The zero-order valence-electron chi connectivity index (χ0n) is 13.9. The molecule has 0 fully saturated rings. The minimum atomic E-state index is -0.366. The Labute approximate surface area is 149 Å². The van der Waals surface area contributed by atoms with E-state index in [9.17, 15) is 9.90 Å². The number of aromatic amines is 1. The number of aryl methyl sites for hydroxylation is 1. The number of carbonyl (C=O) groups excluding carboxylic acids is 1. The van der Waals surface area contributed by atoms with Gasteiger partial charge in [0.05, 0.1) is 10.8 Å². The fourth-order valence-corrected chi connectivity index (χ4v) is 2.91. The van der Waals surface area contributed by atoms with Gasteiger partial charge in [-0.15, -0.1) is 5.10 Å². The van der Waals surface area contributed by atoms with Crippen molar-refractivity contribution < 1.29 is 9.90 Å². The lowest BCUT2D eigenvalue weighted by atomic mass is 10.2. The maximum atomic E-state index is 12.3. The first-order valence-corrected chi connectivity index (χ1v) is 8.66. The Morgan fingerprint density at radius 2 is 1.92 bits per heavy atom. The van der Waals surface area contributed by atoms with Crippen LogP contribution < -0.4 is 5.32 Å². The Hall–Kier alpha value is -2.80. The number of carbonyl (C=O) groups is 1. The molecule has 6 nitrogen and oxygen atoms in total. The molecule has 0 spiro atoms. The number of nitrogens with one attached hydrogen (secondary N) is 2. The van der Waals surface area contributed by atoms with Crippen LogP contribution in [-0.4, -0.2) is 31.4 Å². The highest BCUT2D eigenvalue weighted by Gasteiger charge is 2.18. The minimum Gasteiger partial charge on any atom is -0.507 e. The maximum absolute atomic E-state index is 12.3. The van der Waals surface area contributed by atoms with Crippen LogP contribution in [0.3, 0.4) is 0 Å². The number of aromatic nitrogens is 3. The molecule has 2 aromatic carbocycles. The van der Waals surface area contributed by atoms with Crippen molar-refractivity contribution in [1.82, 2.24) is 15.2 Å². The third-order valence-electron chi connectivity index (χ3n) is 3.59. The fraction of sp³-hybridized carbons (Fsp3) is 0.167. The number of hydrogen-bond donors (Lipinski definition) is 3. The molecule has 1 atom stereocenters. The van der Waals surface area contributed by atoms with Gasteiger partial charge >= 0.3 is 0 Å². The van der Waals surface area contributed by atoms with Gasteiger partial charge < -0.3 is 10.4 Å². The van der Waals surface area contributed by atoms with Gasteiger partial charge in [-0.1, -0.05) is 41.6 Å². The predicted octanol–water partition coefficient (Wildman–Crippen LogP) is 3.61. The first kappa shape index (κ1) is 17.0. The van der Waals surface area contributed by atoms with Gasteiger partial charge in [-0.2, -0.15) is 0 Å². The van der Waals surface area contributed by atoms with Gasteiger partial charge in [0, 0.05) is 5.69 Å². The molecular weight excluding hydrogens is 336 g/mol. The van der Waals surface area contributed by atoms with Crippen molar-refractivity contribution in [1.29, 1.82) is 0 Å². The lowest BCUT2D eigenvalue weighted by Crippen LogP contribution is -2.22. The number of H-pyrrole nitrogens is 1. The topological polar surface area (TPSA) is 90.9 Å². The summed E-state index contributed by atoms with van der Waals surface area (Å²) in [6.07, 6.45) is 0. The highest BCUT2D eigenvalue weighted by Crippen LogP contribution is 2.28. The van der Waals surface area contributed by atoms with Gasteiger partial charge in [-0.05, 0) is 38.1 Å². The second-order valence-corrected chi connectivity index (χ2v) is 6.91. The lowest BCUT2D eigenvalue weighted by molar-refractivity contribution is -0.115. The Balaban J connectivity index is 1.65. The van der Waals surface area contributed by atoms with Gasteiger partial charge in [-0.3, -0.25) is 9.89 Å². The Bertz CT molecular complexity index is 877. The van der Waals surface area contributed by atoms with Crippen molar-refractivity contribution in [3.63, 3.8) is 0 Å². The van der Waals surface area contributed by atoms with E-state index in [1.807, 2.05) is 37.3 Å². The van der Waals surface area contributed by atoms with Crippen molar-refractivity contribution in [3.05, 3.63) is 54.1 Å². The molecule has 0 bridgehead atoms. The Morgan fingerprint density at radius 1 is 1.20 bits per heavy atom. The van der Waals surface area contributed by atoms with Gasteiger partial charge in [-0.25, -0.2) is 4.98 Å². The normalized spacial score (nSPS) is 11.9. The number of benzene rings is 2. The van der Waals surface area contributed by atoms with Crippen LogP contribution in [0.2, 0.25) is 0 Å². The summed E-state index contributed by atoms with van der Waals surface area (Å²) in [4.78, 5) is 16.6. The van der Waals surface area contributed by atoms with Gasteiger partial charge in [0.2, 0.25) is 11.1 Å². The predicted molar refractivity (Wildman–Crippen MR) is 98.6 cm³/mol. The zero-order valence-corrected chi connectivity index (χ0v) is 14.7. The molecule has 3 aromatic rings. The summed E-state index contributed by atoms with van der Waals surface area (Å²) < 4.78 is 0. The summed E-state index contributed by atoms with van der Waals surface area (Å²) in [6.45, 7) is 3.79. The van der Waals surface area contributed by atoms with E-state index in [1.54, 1.807) is 25.1 Å². The van der Waals surface area contributed by atoms with Crippen LogP contribution in [0, 0.1) is 6.92 Å². The number of hydrogen-bond acceptors (Lipinski definition) is 5. The van der Waals surface area contributed by atoms with Crippen LogP contribution >= 0.6 is 11.8 Å². The molecule has 1 heterocycles. The van der Waals surface area contributed by atoms with Crippen LogP contribution in [0.25, 0.3) is 11.4 Å². The molecule has 0 aliphatic heterocycles. The third kappa shape index (κ3) is 4.19. The molecule has 0 radical (unpaired) electrons. The highest BCUT2D eigenvalue weighted by molar-refractivity contribution is 8.00. The standard InChI is InChI=1S/C18H18N4O2S/c1-11-7-9-13(10-8-11)19-17(24)12(2)25-18-20-16(21-22-18)14-5-3-4-6-15(14)23/h3-10,12,23H,1-2H3,(H,19,24)(H,20,21,22). The molecule has 0 saturated carbocycles. The summed E-state index contributed by atoms with van der Waals surface area (Å²) in [5, 5.41) is 19.7. The summed E-state index contributed by atoms with van der Waals surface area (Å²) in [5.74, 6) is 0.467. The number of para-hydroxylation sites is 1. The Kier molecular flexibility index (Phi) is 5.04. The molecule has 3 N–H and O–H groups in total. The van der Waals surface area contributed by atoms with E-state index in [4.69, 9.17) is 0 Å². The van der Waals surface area contributed by atoms with Crippen molar-refractivity contribution in [2.45, 2.75) is 24.3 Å². The summed E-state index contributed by atoms with van der Waals surface area (Å²) >= 11 is 1.25. The van der Waals surface area contributed by atoms with Crippen LogP contribution in [-0.2, 0) is 4.79 Å². The summed E-state index contributed by atoms with van der Waals surface area (Å²) in [6, 6.07) is 14.5. The number of anilines is 1. The molecule has 0 aliphatic carbocycles. The van der Waals surface area contributed by atoms with Crippen LogP contribution in [0.15, 0.2) is 53.7 Å². The first-order valence-electron chi connectivity index (χ1n) is 7.78. The molecule has 7 heteroatoms. The SMILES string of the molecule is Cc1ccc(NC(=O)C(C)Sc2n[nH]c(-c3ccccc3O)n2)cc1. The van der Waals surface area contributed by atoms with E-state index in [0.717, 1.165) is 11.3 Å². The smallest absolute Gasteiger partial charge is 0.237 e. The van der Waals surface area contributed by atoms with Gasteiger partial charge in [0.1, 0.15) is 5.75 Å². The molecule has 0 aliphatic rings. The molecule has 1 unspecified atom stereocenters. The maximum Gasteiger partial charge on any atom is 0.237 e. The number of aromatic hydroxyl groups is 1. The number of thioether (sulfide) groups is 1. The van der Waals surface area contributed by atoms with E-state index >= 15 is 0 Å². The van der Waals surface area contributed by atoms with E-state index in [-0.39, 0.29) is 16.9 Å². The fourth-order valence-electron chi connectivity index (χ4n) is 2.19. The monoisotopic (exact) mass is 354 g/mol. The molecular formula is C18H18N4O2S. The highest BCUT2D eigenvalue weighted by atomic mass is 32.2. The summed E-state index contributed by atoms with van der Waals surface area (Å²) in [7, 11) is 0.